The summed E-state index contributed by atoms with van der Waals surface area (Å²) in [6, 6.07) is 3.81. The van der Waals surface area contributed by atoms with Crippen LogP contribution in [0.5, 0.6) is 0 Å². The van der Waals surface area contributed by atoms with Crippen LogP contribution in [0.15, 0.2) is 18.2 Å². The summed E-state index contributed by atoms with van der Waals surface area (Å²) in [7, 11) is 0. The van der Waals surface area contributed by atoms with Crippen molar-refractivity contribution in [3.63, 3.8) is 0 Å². The smallest absolute Gasteiger partial charge is 0.310 e. The largest absolute Gasteiger partial charge is 0.481 e. The number of anilines is 1. The lowest BCUT2D eigenvalue weighted by Gasteiger charge is -2.36. The third kappa shape index (κ3) is 2.06. The highest BCUT2D eigenvalue weighted by molar-refractivity contribution is 5.96. The van der Waals surface area contributed by atoms with Crippen molar-refractivity contribution in [3.8, 4) is 0 Å². The number of carbonyl (C=O) groups excluding carboxylic acids is 1. The number of benzene rings is 1. The Bertz CT molecular complexity index is 484. The molecule has 3 N–H and O–H groups in total. The average molecular weight is 238 g/mol. The molecule has 0 aromatic heterocycles. The van der Waals surface area contributed by atoms with E-state index in [0.717, 1.165) is 6.07 Å². The second-order valence-electron chi connectivity index (χ2n) is 3.98. The van der Waals surface area contributed by atoms with Gasteiger partial charge in [-0.1, -0.05) is 0 Å². The maximum atomic E-state index is 13.4. The van der Waals surface area contributed by atoms with Gasteiger partial charge in [-0.15, -0.1) is 0 Å². The molecule has 6 heteroatoms. The number of carboxylic acids is 1. The Labute approximate surface area is 96.6 Å². The van der Waals surface area contributed by atoms with Crippen molar-refractivity contribution in [1.29, 1.82) is 0 Å². The number of carbonyl (C=O) groups is 2. The van der Waals surface area contributed by atoms with E-state index in [2.05, 4.69) is 0 Å². The van der Waals surface area contributed by atoms with E-state index in [9.17, 15) is 14.0 Å². The van der Waals surface area contributed by atoms with Crippen LogP contribution in [-0.2, 0) is 4.79 Å². The summed E-state index contributed by atoms with van der Waals surface area (Å²) in [5, 5.41) is 8.67. The zero-order valence-corrected chi connectivity index (χ0v) is 8.89. The van der Waals surface area contributed by atoms with Crippen molar-refractivity contribution in [2.24, 2.45) is 5.92 Å². The van der Waals surface area contributed by atoms with Crippen LogP contribution in [0.3, 0.4) is 0 Å². The number of nitrogens with zero attached hydrogens (tertiary/aromatic N) is 1. The highest BCUT2D eigenvalue weighted by atomic mass is 19.1. The van der Waals surface area contributed by atoms with E-state index in [4.69, 9.17) is 10.8 Å². The molecular formula is C11H11FN2O3. The lowest BCUT2D eigenvalue weighted by atomic mass is 9.99. The van der Waals surface area contributed by atoms with E-state index in [1.165, 1.54) is 17.0 Å². The van der Waals surface area contributed by atoms with Crippen molar-refractivity contribution in [1.82, 2.24) is 4.90 Å². The summed E-state index contributed by atoms with van der Waals surface area (Å²) in [4.78, 5) is 23.6. The van der Waals surface area contributed by atoms with Crippen LogP contribution in [0.25, 0.3) is 0 Å². The molecule has 0 unspecified atom stereocenters. The molecule has 0 saturated carbocycles. The Kier molecular flexibility index (Phi) is 2.71. The van der Waals surface area contributed by atoms with E-state index >= 15 is 0 Å². The molecular weight excluding hydrogens is 227 g/mol. The molecule has 5 nitrogen and oxygen atoms in total. The van der Waals surface area contributed by atoms with Gasteiger partial charge in [-0.25, -0.2) is 4.39 Å². The Morgan fingerprint density at radius 3 is 2.59 bits per heavy atom. The Balaban J connectivity index is 2.09. The molecule has 90 valence electrons. The molecule has 1 heterocycles. The number of likely N-dealkylation sites (tertiary alicyclic amines) is 1. The van der Waals surface area contributed by atoms with Gasteiger partial charge >= 0.3 is 5.97 Å². The first-order valence-corrected chi connectivity index (χ1v) is 5.06. The molecule has 1 aromatic rings. The molecule has 1 aromatic carbocycles. The van der Waals surface area contributed by atoms with E-state index in [1.54, 1.807) is 0 Å². The highest BCUT2D eigenvalue weighted by Crippen LogP contribution is 2.21. The van der Waals surface area contributed by atoms with E-state index in [0.29, 0.717) is 0 Å². The summed E-state index contributed by atoms with van der Waals surface area (Å²) in [6.07, 6.45) is 0. The summed E-state index contributed by atoms with van der Waals surface area (Å²) in [6.45, 7) is 0.246. The molecule has 1 aliphatic rings. The number of aliphatic carboxylic acids is 1. The molecule has 0 atom stereocenters. The normalized spacial score (nSPS) is 15.5. The second-order valence-corrected chi connectivity index (χ2v) is 3.98. The summed E-state index contributed by atoms with van der Waals surface area (Å²) in [5.41, 5.74) is 5.53. The first-order chi connectivity index (χ1) is 7.99. The van der Waals surface area contributed by atoms with Gasteiger partial charge in [0, 0.05) is 18.8 Å². The predicted octanol–water partition coefficient (Wildman–Crippen LogP) is 0.565. The average Bonchev–Trinajstić information content (AvgIpc) is 2.13. The highest BCUT2D eigenvalue weighted by Gasteiger charge is 2.36. The van der Waals surface area contributed by atoms with Gasteiger partial charge in [-0.2, -0.15) is 0 Å². The van der Waals surface area contributed by atoms with Gasteiger partial charge in [0.2, 0.25) is 0 Å². The zero-order valence-electron chi connectivity index (χ0n) is 8.89. The molecule has 0 spiro atoms. The van der Waals surface area contributed by atoms with E-state index < -0.39 is 23.6 Å². The van der Waals surface area contributed by atoms with Crippen LogP contribution >= 0.6 is 0 Å². The SMILES string of the molecule is Nc1ccc(C(=O)N2CC(C(=O)O)C2)c(F)c1. The van der Waals surface area contributed by atoms with Gasteiger partial charge in [-0.3, -0.25) is 9.59 Å². The minimum Gasteiger partial charge on any atom is -0.481 e. The number of halogens is 1. The number of nitrogens with two attached hydrogens (primary N) is 1. The van der Waals surface area contributed by atoms with E-state index in [1.807, 2.05) is 0 Å². The van der Waals surface area contributed by atoms with Crippen LogP contribution in [0.1, 0.15) is 10.4 Å². The second kappa shape index (κ2) is 4.04. The molecule has 0 bridgehead atoms. The molecule has 0 aliphatic carbocycles. The maximum Gasteiger partial charge on any atom is 0.310 e. The van der Waals surface area contributed by atoms with Crippen molar-refractivity contribution in [2.75, 3.05) is 18.8 Å². The Morgan fingerprint density at radius 1 is 1.41 bits per heavy atom. The lowest BCUT2D eigenvalue weighted by Crippen LogP contribution is -2.53. The van der Waals surface area contributed by atoms with Gasteiger partial charge < -0.3 is 15.7 Å². The Hall–Kier alpha value is -2.11. The fourth-order valence-corrected chi connectivity index (χ4v) is 1.68. The molecule has 2 rings (SSSR count). The monoisotopic (exact) mass is 238 g/mol. The predicted molar refractivity (Wildman–Crippen MR) is 57.8 cm³/mol. The molecule has 1 fully saturated rings. The van der Waals surface area contributed by atoms with Gasteiger partial charge in [-0.05, 0) is 18.2 Å². The van der Waals surface area contributed by atoms with Gasteiger partial charge in [0.05, 0.1) is 11.5 Å². The van der Waals surface area contributed by atoms with Crippen molar-refractivity contribution in [3.05, 3.63) is 29.6 Å². The van der Waals surface area contributed by atoms with Gasteiger partial charge in [0.15, 0.2) is 0 Å². The maximum absolute atomic E-state index is 13.4. The Morgan fingerprint density at radius 2 is 2.06 bits per heavy atom. The molecule has 0 radical (unpaired) electrons. The van der Waals surface area contributed by atoms with Gasteiger partial charge in [0.1, 0.15) is 5.82 Å². The van der Waals surface area contributed by atoms with Gasteiger partial charge in [0.25, 0.3) is 5.91 Å². The molecule has 1 amide bonds. The summed E-state index contributed by atoms with van der Waals surface area (Å²) >= 11 is 0. The molecule has 1 aliphatic heterocycles. The first kappa shape index (κ1) is 11.4. The number of carboxylic acid groups (broad SMARTS) is 1. The fraction of sp³-hybridized carbons (Fsp3) is 0.273. The molecule has 1 saturated heterocycles. The topological polar surface area (TPSA) is 83.6 Å². The van der Waals surface area contributed by atoms with Crippen LogP contribution in [0.4, 0.5) is 10.1 Å². The van der Waals surface area contributed by atoms with Crippen LogP contribution < -0.4 is 5.73 Å². The lowest BCUT2D eigenvalue weighted by molar-refractivity contribution is -0.146. The quantitative estimate of drug-likeness (QED) is 0.737. The summed E-state index contributed by atoms with van der Waals surface area (Å²) < 4.78 is 13.4. The van der Waals surface area contributed by atoms with Crippen LogP contribution in [0, 0.1) is 11.7 Å². The number of amides is 1. The first-order valence-electron chi connectivity index (χ1n) is 5.06. The number of hydrogen-bond acceptors (Lipinski definition) is 3. The van der Waals surface area contributed by atoms with Crippen molar-refractivity contribution in [2.45, 2.75) is 0 Å². The van der Waals surface area contributed by atoms with Crippen molar-refractivity contribution < 1.29 is 19.1 Å². The standard InChI is InChI=1S/C11H11FN2O3/c12-9-3-7(13)1-2-8(9)10(15)14-4-6(5-14)11(16)17/h1-3,6H,4-5,13H2,(H,16,17). The van der Waals surface area contributed by atoms with E-state index in [-0.39, 0.29) is 24.3 Å². The zero-order chi connectivity index (χ0) is 12.6. The summed E-state index contributed by atoms with van der Waals surface area (Å²) in [5.74, 6) is -2.67. The van der Waals surface area contributed by atoms with Crippen LogP contribution in [0.2, 0.25) is 0 Å². The fourth-order valence-electron chi connectivity index (χ4n) is 1.68. The number of hydrogen-bond donors (Lipinski definition) is 2. The van der Waals surface area contributed by atoms with Crippen molar-refractivity contribution >= 4 is 17.6 Å². The minimum absolute atomic E-state index is 0.0805. The number of nitrogen functional groups attached to an aromatic ring is 1. The minimum atomic E-state index is -0.938. The number of rotatable bonds is 2. The third-order valence-corrected chi connectivity index (χ3v) is 2.74. The van der Waals surface area contributed by atoms with Crippen LogP contribution in [-0.4, -0.2) is 35.0 Å². The molecule has 17 heavy (non-hydrogen) atoms. The third-order valence-electron chi connectivity index (χ3n) is 2.74.